The Kier molecular flexibility index (Phi) is 5.69. The van der Waals surface area contributed by atoms with Crippen molar-refractivity contribution in [3.63, 3.8) is 0 Å². The molecule has 1 aliphatic heterocycles. The van der Waals surface area contributed by atoms with Gasteiger partial charge in [0.15, 0.2) is 0 Å². The fourth-order valence-electron chi connectivity index (χ4n) is 3.63. The Labute approximate surface area is 139 Å². The van der Waals surface area contributed by atoms with E-state index in [0.29, 0.717) is 6.04 Å². The van der Waals surface area contributed by atoms with Crippen LogP contribution in [0.25, 0.3) is 0 Å². The van der Waals surface area contributed by atoms with E-state index in [1.165, 1.54) is 55.6 Å². The zero-order chi connectivity index (χ0) is 15.2. The molecule has 1 nitrogen and oxygen atoms in total. The van der Waals surface area contributed by atoms with Crippen LogP contribution in [-0.4, -0.2) is 18.0 Å². The SMILES string of the molecule is CCCCC1CCN(C(c2ccccc2)c2cccs2)CC1. The number of hydrogen-bond acceptors (Lipinski definition) is 2. The van der Waals surface area contributed by atoms with Crippen molar-refractivity contribution in [3.05, 3.63) is 58.3 Å². The van der Waals surface area contributed by atoms with Crippen LogP contribution in [0.2, 0.25) is 0 Å². The Balaban J connectivity index is 1.72. The topological polar surface area (TPSA) is 3.24 Å². The largest absolute Gasteiger partial charge is 0.292 e. The van der Waals surface area contributed by atoms with E-state index in [0.717, 1.165) is 5.92 Å². The minimum absolute atomic E-state index is 0.452. The van der Waals surface area contributed by atoms with Gasteiger partial charge in [-0.25, -0.2) is 0 Å². The molecule has 0 saturated carbocycles. The van der Waals surface area contributed by atoms with Gasteiger partial charge >= 0.3 is 0 Å². The normalized spacial score (nSPS) is 18.4. The predicted molar refractivity (Wildman–Crippen MR) is 96.4 cm³/mol. The van der Waals surface area contributed by atoms with Gasteiger partial charge in [0.05, 0.1) is 6.04 Å². The number of unbranched alkanes of at least 4 members (excludes halogenated alkanes) is 1. The van der Waals surface area contributed by atoms with Crippen molar-refractivity contribution in [3.8, 4) is 0 Å². The third-order valence-electron chi connectivity index (χ3n) is 4.91. The summed E-state index contributed by atoms with van der Waals surface area (Å²) in [5.74, 6) is 0.955. The van der Waals surface area contributed by atoms with Gasteiger partial charge in [0.25, 0.3) is 0 Å². The average Bonchev–Trinajstić information content (AvgIpc) is 3.09. The van der Waals surface area contributed by atoms with E-state index in [1.54, 1.807) is 0 Å². The van der Waals surface area contributed by atoms with Crippen molar-refractivity contribution in [2.24, 2.45) is 5.92 Å². The molecule has 0 amide bonds. The van der Waals surface area contributed by atoms with Crippen LogP contribution in [0, 0.1) is 5.92 Å². The van der Waals surface area contributed by atoms with Crippen LogP contribution >= 0.6 is 11.3 Å². The van der Waals surface area contributed by atoms with Gasteiger partial charge in [-0.05, 0) is 48.9 Å². The number of benzene rings is 1. The monoisotopic (exact) mass is 313 g/mol. The lowest BCUT2D eigenvalue weighted by molar-refractivity contribution is 0.147. The first-order valence-corrected chi connectivity index (χ1v) is 9.59. The summed E-state index contributed by atoms with van der Waals surface area (Å²) in [4.78, 5) is 4.18. The molecular weight excluding hydrogens is 286 g/mol. The van der Waals surface area contributed by atoms with Crippen LogP contribution in [-0.2, 0) is 0 Å². The molecule has 1 aromatic heterocycles. The first-order valence-electron chi connectivity index (χ1n) is 8.71. The summed E-state index contributed by atoms with van der Waals surface area (Å²) in [7, 11) is 0. The Morgan fingerprint density at radius 1 is 1.09 bits per heavy atom. The molecular formula is C20H27NS. The molecule has 1 aliphatic rings. The van der Waals surface area contributed by atoms with Crippen molar-refractivity contribution >= 4 is 11.3 Å². The number of thiophene rings is 1. The van der Waals surface area contributed by atoms with E-state index in [1.807, 2.05) is 11.3 Å². The third kappa shape index (κ3) is 3.80. The van der Waals surface area contributed by atoms with Crippen LogP contribution in [0.5, 0.6) is 0 Å². The highest BCUT2D eigenvalue weighted by Crippen LogP contribution is 2.35. The van der Waals surface area contributed by atoms with E-state index in [9.17, 15) is 0 Å². The molecule has 0 aliphatic carbocycles. The molecule has 118 valence electrons. The fourth-order valence-corrected chi connectivity index (χ4v) is 4.52. The van der Waals surface area contributed by atoms with E-state index in [-0.39, 0.29) is 0 Å². The molecule has 0 spiro atoms. The van der Waals surface area contributed by atoms with Gasteiger partial charge < -0.3 is 0 Å². The highest BCUT2D eigenvalue weighted by atomic mass is 32.1. The van der Waals surface area contributed by atoms with Crippen molar-refractivity contribution in [2.75, 3.05) is 13.1 Å². The highest BCUT2D eigenvalue weighted by molar-refractivity contribution is 7.10. The van der Waals surface area contributed by atoms with Crippen molar-refractivity contribution in [1.29, 1.82) is 0 Å². The van der Waals surface area contributed by atoms with Gasteiger partial charge in [-0.2, -0.15) is 0 Å². The fraction of sp³-hybridized carbons (Fsp3) is 0.500. The number of likely N-dealkylation sites (tertiary alicyclic amines) is 1. The molecule has 3 rings (SSSR count). The van der Waals surface area contributed by atoms with E-state index in [4.69, 9.17) is 0 Å². The maximum absolute atomic E-state index is 2.70. The van der Waals surface area contributed by atoms with Gasteiger partial charge in [-0.3, -0.25) is 4.90 Å². The average molecular weight is 314 g/mol. The number of rotatable bonds is 6. The molecule has 0 N–H and O–H groups in total. The Morgan fingerprint density at radius 3 is 2.50 bits per heavy atom. The maximum atomic E-state index is 2.70. The molecule has 1 fully saturated rings. The molecule has 1 saturated heterocycles. The zero-order valence-electron chi connectivity index (χ0n) is 13.6. The minimum Gasteiger partial charge on any atom is -0.292 e. The second-order valence-corrected chi connectivity index (χ2v) is 7.43. The summed E-state index contributed by atoms with van der Waals surface area (Å²) in [6, 6.07) is 16.0. The lowest BCUT2D eigenvalue weighted by Gasteiger charge is -2.37. The Hall–Kier alpha value is -1.12. The number of piperidine rings is 1. The summed E-state index contributed by atoms with van der Waals surface area (Å²) in [6.07, 6.45) is 6.91. The van der Waals surface area contributed by atoms with Crippen LogP contribution in [0.3, 0.4) is 0 Å². The molecule has 2 heterocycles. The van der Waals surface area contributed by atoms with Gasteiger partial charge in [-0.1, -0.05) is 62.6 Å². The standard InChI is InChI=1S/C20H27NS/c1-2-3-8-17-12-14-21(15-13-17)20(19-11-7-16-22-19)18-9-5-4-6-10-18/h4-7,9-11,16-17,20H,2-3,8,12-15H2,1H3. The van der Waals surface area contributed by atoms with Crippen molar-refractivity contribution in [1.82, 2.24) is 4.90 Å². The molecule has 1 unspecified atom stereocenters. The molecule has 1 aromatic carbocycles. The Bertz CT molecular complexity index is 526. The molecule has 1 atom stereocenters. The second kappa shape index (κ2) is 7.94. The van der Waals surface area contributed by atoms with Crippen molar-refractivity contribution < 1.29 is 0 Å². The molecule has 0 bridgehead atoms. The van der Waals surface area contributed by atoms with Gasteiger partial charge in [0.2, 0.25) is 0 Å². The second-order valence-electron chi connectivity index (χ2n) is 6.45. The lowest BCUT2D eigenvalue weighted by Crippen LogP contribution is -2.37. The summed E-state index contributed by atoms with van der Waals surface area (Å²) in [5.41, 5.74) is 1.44. The summed E-state index contributed by atoms with van der Waals surface area (Å²) in [5, 5.41) is 2.21. The first-order chi connectivity index (χ1) is 10.9. The molecule has 0 radical (unpaired) electrons. The maximum Gasteiger partial charge on any atom is 0.0696 e. The highest BCUT2D eigenvalue weighted by Gasteiger charge is 2.27. The van der Waals surface area contributed by atoms with Crippen LogP contribution in [0.15, 0.2) is 47.8 Å². The van der Waals surface area contributed by atoms with Crippen molar-refractivity contribution in [2.45, 2.75) is 45.1 Å². The lowest BCUT2D eigenvalue weighted by atomic mass is 9.90. The van der Waals surface area contributed by atoms with Crippen LogP contribution < -0.4 is 0 Å². The quantitative estimate of drug-likeness (QED) is 0.657. The minimum atomic E-state index is 0.452. The van der Waals surface area contributed by atoms with Gasteiger partial charge in [0.1, 0.15) is 0 Å². The summed E-state index contributed by atoms with van der Waals surface area (Å²) >= 11 is 1.89. The van der Waals surface area contributed by atoms with Gasteiger partial charge in [0, 0.05) is 4.88 Å². The smallest absolute Gasteiger partial charge is 0.0696 e. The zero-order valence-corrected chi connectivity index (χ0v) is 14.4. The third-order valence-corrected chi connectivity index (χ3v) is 5.83. The Morgan fingerprint density at radius 2 is 1.86 bits per heavy atom. The predicted octanol–water partition coefficient (Wildman–Crippen LogP) is 5.74. The first kappa shape index (κ1) is 15.8. The van der Waals surface area contributed by atoms with E-state index in [2.05, 4.69) is 59.7 Å². The van der Waals surface area contributed by atoms with Gasteiger partial charge in [-0.15, -0.1) is 11.3 Å². The molecule has 2 aromatic rings. The van der Waals surface area contributed by atoms with E-state index < -0.39 is 0 Å². The van der Waals surface area contributed by atoms with E-state index >= 15 is 0 Å². The number of nitrogens with zero attached hydrogens (tertiary/aromatic N) is 1. The summed E-state index contributed by atoms with van der Waals surface area (Å²) < 4.78 is 0. The molecule has 22 heavy (non-hydrogen) atoms. The van der Waals surface area contributed by atoms with Crippen LogP contribution in [0.4, 0.5) is 0 Å². The van der Waals surface area contributed by atoms with Crippen LogP contribution in [0.1, 0.15) is 55.5 Å². The molecule has 2 heteroatoms. The summed E-state index contributed by atoms with van der Waals surface area (Å²) in [6.45, 7) is 4.79. The number of hydrogen-bond donors (Lipinski definition) is 0.